The molecule has 13 rings (SSSR count). The first kappa shape index (κ1) is 42.3. The zero-order valence-electron chi connectivity index (χ0n) is 42.7. The van der Waals surface area contributed by atoms with Gasteiger partial charge in [0, 0.05) is 49.7 Å². The fourth-order valence-corrected chi connectivity index (χ4v) is 13.0. The maximum absolute atomic E-state index is 2.68. The number of fused-ring (bicyclic) bond motifs is 14. The SMILES string of the molecule is Cc1cccc(C)c1-n1c2ccccc2c2cc3c(cc21)N(c1ccc2c(c1)C(C)(C)c1ccccc1-2)c1cc(C(C)(C)C)c2c4cc(C(C)(C)C)ccc4n4c2c1B3c1cc(C(C)(C)C)ccc1-4. The van der Waals surface area contributed by atoms with Crippen molar-refractivity contribution >= 4 is 83.8 Å². The molecule has 0 saturated carbocycles. The molecule has 1 aliphatic carbocycles. The normalized spacial score (nSPS) is 14.8. The molecule has 340 valence electrons. The molecule has 69 heavy (non-hydrogen) atoms. The van der Waals surface area contributed by atoms with Crippen LogP contribution in [0.25, 0.3) is 66.1 Å². The molecule has 3 nitrogen and oxygen atoms in total. The van der Waals surface area contributed by atoms with E-state index in [-0.39, 0.29) is 28.4 Å². The predicted molar refractivity (Wildman–Crippen MR) is 298 cm³/mol. The van der Waals surface area contributed by atoms with E-state index in [4.69, 9.17) is 0 Å². The summed E-state index contributed by atoms with van der Waals surface area (Å²) in [7, 11) is 0. The summed E-state index contributed by atoms with van der Waals surface area (Å²) in [5, 5.41) is 5.31. The molecular formula is C65H62BN3. The highest BCUT2D eigenvalue weighted by Crippen LogP contribution is 2.53. The van der Waals surface area contributed by atoms with Crippen molar-refractivity contribution in [2.24, 2.45) is 0 Å². The number of anilines is 3. The lowest BCUT2D eigenvalue weighted by Gasteiger charge is -2.42. The molecule has 2 aromatic heterocycles. The first-order chi connectivity index (χ1) is 32.7. The number of aromatic nitrogens is 2. The van der Waals surface area contributed by atoms with Gasteiger partial charge in [-0.05, 0) is 145 Å². The first-order valence-corrected chi connectivity index (χ1v) is 25.2. The molecule has 0 radical (unpaired) electrons. The Labute approximate surface area is 408 Å². The van der Waals surface area contributed by atoms with Crippen LogP contribution in [0.4, 0.5) is 17.1 Å². The summed E-state index contributed by atoms with van der Waals surface area (Å²) in [5.74, 6) is 0. The van der Waals surface area contributed by atoms with E-state index in [1.165, 1.54) is 139 Å². The summed E-state index contributed by atoms with van der Waals surface area (Å²) in [5.41, 5.74) is 27.3. The summed E-state index contributed by atoms with van der Waals surface area (Å²) in [6, 6.07) is 54.8. The van der Waals surface area contributed by atoms with Crippen LogP contribution in [0.5, 0.6) is 0 Å². The fraction of sp³-hybridized carbons (Fsp3) is 0.262. The third kappa shape index (κ3) is 5.69. The van der Waals surface area contributed by atoms with Gasteiger partial charge in [0.25, 0.3) is 6.71 Å². The Kier molecular flexibility index (Phi) is 8.42. The standard InChI is InChI=1S/C65H62BN3/c1-37-19-18-20-38(2)60(37)69-52-24-17-15-22-44(52)45-34-51-56(36-55(45)69)67(41-27-28-43-42-21-14-16-23-47(42)65(12,13)48(43)33-41)57-35-49(64(9,10)11)58-46-31-39(62(3,4)5)25-29-53(46)68-54-30-26-40(63(6,7)8)32-50(54)66(51)59(57)61(58)68/h14-36H,1-13H3. The Balaban J connectivity index is 1.24. The summed E-state index contributed by atoms with van der Waals surface area (Å²) < 4.78 is 5.23. The molecule has 0 N–H and O–H groups in total. The van der Waals surface area contributed by atoms with E-state index in [1.807, 2.05) is 0 Å². The lowest BCUT2D eigenvalue weighted by molar-refractivity contribution is 0.590. The van der Waals surface area contributed by atoms with Crippen molar-refractivity contribution in [1.82, 2.24) is 9.13 Å². The smallest absolute Gasteiger partial charge is 0.252 e. The van der Waals surface area contributed by atoms with Crippen LogP contribution >= 0.6 is 0 Å². The van der Waals surface area contributed by atoms with E-state index >= 15 is 0 Å². The Morgan fingerprint density at radius 2 is 1.12 bits per heavy atom. The zero-order chi connectivity index (χ0) is 48.0. The molecule has 0 atom stereocenters. The van der Waals surface area contributed by atoms with Crippen LogP contribution in [0.15, 0.2) is 140 Å². The van der Waals surface area contributed by atoms with E-state index in [0.29, 0.717) is 0 Å². The minimum absolute atomic E-state index is 0.000917. The van der Waals surface area contributed by atoms with Gasteiger partial charge < -0.3 is 14.0 Å². The summed E-state index contributed by atoms with van der Waals surface area (Å²) in [6.07, 6.45) is 0. The van der Waals surface area contributed by atoms with E-state index in [9.17, 15) is 0 Å². The van der Waals surface area contributed by atoms with Crippen LogP contribution in [0, 0.1) is 13.8 Å². The Bertz CT molecular complexity index is 3890. The molecule has 0 saturated heterocycles. The lowest BCUT2D eigenvalue weighted by atomic mass is 9.33. The van der Waals surface area contributed by atoms with Crippen LogP contribution in [0.1, 0.15) is 115 Å². The molecule has 3 aliphatic rings. The quantitative estimate of drug-likeness (QED) is 0.158. The highest BCUT2D eigenvalue weighted by molar-refractivity contribution is 7.00. The average Bonchev–Trinajstić information content (AvgIpc) is 3.89. The maximum atomic E-state index is 2.68. The summed E-state index contributed by atoms with van der Waals surface area (Å²) in [4.78, 5) is 2.68. The molecule has 0 fully saturated rings. The van der Waals surface area contributed by atoms with Crippen molar-refractivity contribution in [2.45, 2.75) is 112 Å². The van der Waals surface area contributed by atoms with Gasteiger partial charge in [-0.25, -0.2) is 0 Å². The fourth-order valence-electron chi connectivity index (χ4n) is 13.0. The number of hydrogen-bond acceptors (Lipinski definition) is 1. The van der Waals surface area contributed by atoms with Gasteiger partial charge >= 0.3 is 0 Å². The monoisotopic (exact) mass is 896 g/mol. The molecule has 0 amide bonds. The third-order valence-corrected chi connectivity index (χ3v) is 16.6. The van der Waals surface area contributed by atoms with Gasteiger partial charge in [-0.1, -0.05) is 167 Å². The van der Waals surface area contributed by atoms with Crippen molar-refractivity contribution in [3.05, 3.63) is 178 Å². The molecule has 4 heterocycles. The number of nitrogens with zero attached hydrogens (tertiary/aromatic N) is 3. The van der Waals surface area contributed by atoms with E-state index in [1.54, 1.807) is 0 Å². The van der Waals surface area contributed by atoms with Crippen LogP contribution < -0.4 is 21.3 Å². The van der Waals surface area contributed by atoms with E-state index in [0.717, 1.165) is 0 Å². The van der Waals surface area contributed by atoms with Crippen LogP contribution in [0.3, 0.4) is 0 Å². The molecule has 10 aromatic rings. The molecule has 0 unspecified atom stereocenters. The Morgan fingerprint density at radius 3 is 1.86 bits per heavy atom. The second-order valence-electron chi connectivity index (χ2n) is 24.4. The van der Waals surface area contributed by atoms with Gasteiger partial charge in [0.1, 0.15) is 0 Å². The van der Waals surface area contributed by atoms with Gasteiger partial charge in [0.15, 0.2) is 0 Å². The lowest BCUT2D eigenvalue weighted by Crippen LogP contribution is -2.60. The van der Waals surface area contributed by atoms with Gasteiger partial charge in [-0.3, -0.25) is 0 Å². The van der Waals surface area contributed by atoms with Gasteiger partial charge in [0.2, 0.25) is 0 Å². The van der Waals surface area contributed by atoms with Gasteiger partial charge in [-0.2, -0.15) is 0 Å². The maximum Gasteiger partial charge on any atom is 0.252 e. The Morgan fingerprint density at radius 1 is 0.464 bits per heavy atom. The Hall–Kier alpha value is -6.78. The molecule has 8 aromatic carbocycles. The number of benzene rings is 8. The number of hydrogen-bond donors (Lipinski definition) is 0. The van der Waals surface area contributed by atoms with E-state index < -0.39 is 0 Å². The molecule has 4 heteroatoms. The van der Waals surface area contributed by atoms with Crippen molar-refractivity contribution in [3.63, 3.8) is 0 Å². The third-order valence-electron chi connectivity index (χ3n) is 16.6. The predicted octanol–water partition coefficient (Wildman–Crippen LogP) is 15.3. The second-order valence-corrected chi connectivity index (χ2v) is 24.4. The largest absolute Gasteiger partial charge is 0.311 e. The molecular weight excluding hydrogens is 834 g/mol. The average molecular weight is 896 g/mol. The number of rotatable bonds is 2. The minimum Gasteiger partial charge on any atom is -0.311 e. The van der Waals surface area contributed by atoms with E-state index in [2.05, 4.69) is 244 Å². The zero-order valence-corrected chi connectivity index (χ0v) is 42.7. The van der Waals surface area contributed by atoms with Crippen molar-refractivity contribution < 1.29 is 0 Å². The second kappa shape index (κ2) is 13.7. The van der Waals surface area contributed by atoms with Crippen LogP contribution in [0.2, 0.25) is 0 Å². The summed E-state index contributed by atoms with van der Waals surface area (Å²) in [6.45, 7) is 30.7. The molecule has 0 bridgehead atoms. The number of para-hydroxylation sites is 2. The molecule has 0 spiro atoms. The van der Waals surface area contributed by atoms with Crippen molar-refractivity contribution in [3.8, 4) is 22.5 Å². The minimum atomic E-state index is -0.163. The van der Waals surface area contributed by atoms with Gasteiger partial charge in [0.05, 0.1) is 27.8 Å². The van der Waals surface area contributed by atoms with Gasteiger partial charge in [-0.15, -0.1) is 0 Å². The van der Waals surface area contributed by atoms with Crippen molar-refractivity contribution in [2.75, 3.05) is 4.90 Å². The topological polar surface area (TPSA) is 13.1 Å². The highest BCUT2D eigenvalue weighted by atomic mass is 15.2. The van der Waals surface area contributed by atoms with Crippen LogP contribution in [-0.4, -0.2) is 15.8 Å². The van der Waals surface area contributed by atoms with Crippen LogP contribution in [-0.2, 0) is 21.7 Å². The molecule has 2 aliphatic heterocycles. The number of aryl methyl sites for hydroxylation is 2. The summed E-state index contributed by atoms with van der Waals surface area (Å²) >= 11 is 0. The first-order valence-electron chi connectivity index (χ1n) is 25.2. The highest BCUT2D eigenvalue weighted by Gasteiger charge is 2.45. The van der Waals surface area contributed by atoms with Crippen molar-refractivity contribution in [1.29, 1.82) is 0 Å².